The summed E-state index contributed by atoms with van der Waals surface area (Å²) in [5.74, 6) is 1.65. The molecule has 3 aromatic rings. The van der Waals surface area contributed by atoms with Crippen molar-refractivity contribution < 1.29 is 23.8 Å². The van der Waals surface area contributed by atoms with E-state index in [1.165, 1.54) is 6.92 Å². The molecule has 35 heavy (non-hydrogen) atoms. The third-order valence-electron chi connectivity index (χ3n) is 6.41. The van der Waals surface area contributed by atoms with Crippen LogP contribution in [-0.4, -0.2) is 29.1 Å². The summed E-state index contributed by atoms with van der Waals surface area (Å²) in [6.07, 6.45) is 4.74. The SMILES string of the molecule is CC(=O)Oc1c(C)c(C)c2c(c1C)CCC(C)(COc1ccc(NC(=O)c3ccncc3)cc1)O2. The van der Waals surface area contributed by atoms with Gasteiger partial charge in [-0.15, -0.1) is 0 Å². The van der Waals surface area contributed by atoms with Gasteiger partial charge in [0, 0.05) is 36.1 Å². The standard InChI is InChI=1S/C28H30N2O5/c1-17-18(2)26-24(19(3)25(17)34-20(4)31)10-13-28(5,35-26)16-33-23-8-6-22(7-9-23)30-27(32)21-11-14-29-15-12-21/h6-9,11-12,14-15H,10,13,16H2,1-5H3,(H,30,32). The van der Waals surface area contributed by atoms with E-state index in [9.17, 15) is 9.59 Å². The van der Waals surface area contributed by atoms with E-state index in [-0.39, 0.29) is 11.9 Å². The number of rotatable bonds is 6. The van der Waals surface area contributed by atoms with Crippen LogP contribution in [0.2, 0.25) is 0 Å². The zero-order valence-electron chi connectivity index (χ0n) is 20.7. The lowest BCUT2D eigenvalue weighted by atomic mass is 9.87. The number of carbonyl (C=O) groups excluding carboxylic acids is 2. The van der Waals surface area contributed by atoms with E-state index in [1.54, 1.807) is 36.7 Å². The number of pyridine rings is 1. The average molecular weight is 475 g/mol. The summed E-state index contributed by atoms with van der Waals surface area (Å²) in [5.41, 5.74) is 4.63. The first-order valence-corrected chi connectivity index (χ1v) is 11.6. The van der Waals surface area contributed by atoms with Crippen molar-refractivity contribution in [1.82, 2.24) is 4.98 Å². The number of carbonyl (C=O) groups is 2. The largest absolute Gasteiger partial charge is 0.489 e. The number of benzene rings is 2. The minimum absolute atomic E-state index is 0.194. The number of nitrogens with one attached hydrogen (secondary N) is 1. The molecule has 0 radical (unpaired) electrons. The van der Waals surface area contributed by atoms with Gasteiger partial charge in [0.2, 0.25) is 0 Å². The third kappa shape index (κ3) is 5.29. The Morgan fingerprint density at radius 3 is 2.37 bits per heavy atom. The van der Waals surface area contributed by atoms with Gasteiger partial charge in [0.25, 0.3) is 5.91 Å². The molecular formula is C28H30N2O5. The summed E-state index contributed by atoms with van der Waals surface area (Å²) in [7, 11) is 0. The fraction of sp³-hybridized carbons (Fsp3) is 0.321. The average Bonchev–Trinajstić information content (AvgIpc) is 2.85. The number of aromatic nitrogens is 1. The highest BCUT2D eigenvalue weighted by atomic mass is 16.5. The van der Waals surface area contributed by atoms with Crippen LogP contribution >= 0.6 is 0 Å². The van der Waals surface area contributed by atoms with Crippen LogP contribution in [0.3, 0.4) is 0 Å². The molecule has 1 aromatic heterocycles. The Morgan fingerprint density at radius 1 is 1.03 bits per heavy atom. The van der Waals surface area contributed by atoms with Crippen molar-refractivity contribution in [2.75, 3.05) is 11.9 Å². The Morgan fingerprint density at radius 2 is 1.71 bits per heavy atom. The second kappa shape index (κ2) is 9.78. The molecule has 7 nitrogen and oxygen atoms in total. The number of nitrogens with zero attached hydrogens (tertiary/aromatic N) is 1. The molecule has 7 heteroatoms. The summed E-state index contributed by atoms with van der Waals surface area (Å²) in [4.78, 5) is 27.8. The van der Waals surface area contributed by atoms with Crippen LogP contribution < -0.4 is 19.5 Å². The number of hydrogen-bond donors (Lipinski definition) is 1. The third-order valence-corrected chi connectivity index (χ3v) is 6.41. The van der Waals surface area contributed by atoms with Crippen LogP contribution in [0.5, 0.6) is 17.2 Å². The molecule has 1 aliphatic rings. The lowest BCUT2D eigenvalue weighted by molar-refractivity contribution is -0.132. The molecule has 0 bridgehead atoms. The summed E-state index contributed by atoms with van der Waals surface area (Å²) >= 11 is 0. The van der Waals surface area contributed by atoms with Crippen LogP contribution in [0.15, 0.2) is 48.8 Å². The van der Waals surface area contributed by atoms with Gasteiger partial charge < -0.3 is 19.5 Å². The Kier molecular flexibility index (Phi) is 6.78. The van der Waals surface area contributed by atoms with Gasteiger partial charge in [-0.05, 0) is 93.6 Å². The van der Waals surface area contributed by atoms with Gasteiger partial charge in [-0.1, -0.05) is 0 Å². The fourth-order valence-electron chi connectivity index (χ4n) is 4.26. The fourth-order valence-corrected chi connectivity index (χ4v) is 4.26. The maximum absolute atomic E-state index is 12.3. The number of anilines is 1. The summed E-state index contributed by atoms with van der Waals surface area (Å²) in [6, 6.07) is 10.6. The van der Waals surface area contributed by atoms with E-state index in [0.717, 1.165) is 40.8 Å². The van der Waals surface area contributed by atoms with Crippen molar-refractivity contribution in [2.45, 2.75) is 53.1 Å². The minimum atomic E-state index is -0.506. The van der Waals surface area contributed by atoms with E-state index in [2.05, 4.69) is 10.3 Å². The topological polar surface area (TPSA) is 86.8 Å². The number of fused-ring (bicyclic) bond motifs is 1. The highest BCUT2D eigenvalue weighted by Gasteiger charge is 2.35. The first-order chi connectivity index (χ1) is 16.7. The van der Waals surface area contributed by atoms with Crippen LogP contribution in [-0.2, 0) is 11.2 Å². The molecule has 1 aliphatic heterocycles. The Balaban J connectivity index is 1.42. The van der Waals surface area contributed by atoms with E-state index in [0.29, 0.717) is 29.4 Å². The van der Waals surface area contributed by atoms with Gasteiger partial charge in [-0.25, -0.2) is 0 Å². The zero-order chi connectivity index (χ0) is 25.2. The van der Waals surface area contributed by atoms with Gasteiger partial charge in [-0.3, -0.25) is 14.6 Å². The Labute approximate surface area is 205 Å². The van der Waals surface area contributed by atoms with Gasteiger partial charge in [0.05, 0.1) is 0 Å². The second-order valence-electron chi connectivity index (χ2n) is 9.16. The maximum Gasteiger partial charge on any atom is 0.308 e. The normalized spacial score (nSPS) is 16.6. The van der Waals surface area contributed by atoms with Crippen LogP contribution in [0.25, 0.3) is 0 Å². The van der Waals surface area contributed by atoms with E-state index >= 15 is 0 Å². The molecule has 2 heterocycles. The van der Waals surface area contributed by atoms with Crippen LogP contribution in [0.4, 0.5) is 5.69 Å². The molecular weight excluding hydrogens is 444 g/mol. The van der Waals surface area contributed by atoms with E-state index < -0.39 is 5.60 Å². The molecule has 182 valence electrons. The lowest BCUT2D eigenvalue weighted by Crippen LogP contribution is -2.42. The van der Waals surface area contributed by atoms with Crippen molar-refractivity contribution in [1.29, 1.82) is 0 Å². The molecule has 4 rings (SSSR count). The summed E-state index contributed by atoms with van der Waals surface area (Å²) < 4.78 is 18.1. The Bertz CT molecular complexity index is 1250. The summed E-state index contributed by atoms with van der Waals surface area (Å²) in [6.45, 7) is 9.75. The molecule has 0 saturated heterocycles. The van der Waals surface area contributed by atoms with Gasteiger partial charge in [0.15, 0.2) is 0 Å². The molecule has 1 unspecified atom stereocenters. The quantitative estimate of drug-likeness (QED) is 0.383. The monoisotopic (exact) mass is 474 g/mol. The van der Waals surface area contributed by atoms with Gasteiger partial charge in [0.1, 0.15) is 29.5 Å². The van der Waals surface area contributed by atoms with Crippen molar-refractivity contribution >= 4 is 17.6 Å². The summed E-state index contributed by atoms with van der Waals surface area (Å²) in [5, 5.41) is 2.86. The highest BCUT2D eigenvalue weighted by molar-refractivity contribution is 6.04. The molecule has 2 aromatic carbocycles. The molecule has 0 saturated carbocycles. The molecule has 0 spiro atoms. The molecule has 0 aliphatic carbocycles. The van der Waals surface area contributed by atoms with E-state index in [1.807, 2.05) is 39.8 Å². The minimum Gasteiger partial charge on any atom is -0.489 e. The van der Waals surface area contributed by atoms with Crippen molar-refractivity contribution in [3.8, 4) is 17.2 Å². The highest BCUT2D eigenvalue weighted by Crippen LogP contribution is 2.44. The second-order valence-corrected chi connectivity index (χ2v) is 9.16. The smallest absolute Gasteiger partial charge is 0.308 e. The van der Waals surface area contributed by atoms with Crippen LogP contribution in [0.1, 0.15) is 52.9 Å². The van der Waals surface area contributed by atoms with Crippen LogP contribution in [0, 0.1) is 20.8 Å². The van der Waals surface area contributed by atoms with E-state index in [4.69, 9.17) is 14.2 Å². The molecule has 0 fully saturated rings. The zero-order valence-corrected chi connectivity index (χ0v) is 20.7. The van der Waals surface area contributed by atoms with Crippen molar-refractivity contribution in [3.63, 3.8) is 0 Å². The predicted molar refractivity (Wildman–Crippen MR) is 133 cm³/mol. The van der Waals surface area contributed by atoms with Crippen molar-refractivity contribution in [2.24, 2.45) is 0 Å². The van der Waals surface area contributed by atoms with Crippen molar-refractivity contribution in [3.05, 3.63) is 76.6 Å². The molecule has 1 atom stereocenters. The first kappa shape index (κ1) is 24.3. The number of hydrogen-bond acceptors (Lipinski definition) is 6. The number of esters is 1. The lowest BCUT2D eigenvalue weighted by Gasteiger charge is -2.37. The number of ether oxygens (including phenoxy) is 3. The Hall–Kier alpha value is -3.87. The molecule has 1 amide bonds. The first-order valence-electron chi connectivity index (χ1n) is 11.6. The van der Waals surface area contributed by atoms with Gasteiger partial charge in [-0.2, -0.15) is 0 Å². The number of amides is 1. The predicted octanol–water partition coefficient (Wildman–Crippen LogP) is 5.35. The van der Waals surface area contributed by atoms with Gasteiger partial charge >= 0.3 is 5.97 Å². The molecule has 1 N–H and O–H groups in total. The maximum atomic E-state index is 12.3.